The molecule has 4 aromatic rings. The fourth-order valence-electron chi connectivity index (χ4n) is 5.82. The summed E-state index contributed by atoms with van der Waals surface area (Å²) in [6.07, 6.45) is -14.1. The molecule has 2 saturated heterocycles. The molecular formula is C36H36O17. The van der Waals surface area contributed by atoms with Crippen LogP contribution in [0.25, 0.3) is 28.4 Å². The van der Waals surface area contributed by atoms with Crippen molar-refractivity contribution in [1.82, 2.24) is 0 Å². The highest BCUT2D eigenvalue weighted by Gasteiger charge is 2.50. The van der Waals surface area contributed by atoms with E-state index in [-0.39, 0.29) is 28.4 Å². The number of fused-ring (bicyclic) bond motifs is 1. The van der Waals surface area contributed by atoms with Gasteiger partial charge < -0.3 is 74.1 Å². The molecule has 9 N–H and O–H groups in total. The van der Waals surface area contributed by atoms with Crippen LogP contribution in [-0.2, 0) is 23.7 Å². The normalized spacial score (nSPS) is 28.9. The maximum Gasteiger partial charge on any atom is 0.331 e. The first-order valence-electron chi connectivity index (χ1n) is 16.2. The maximum atomic E-state index is 14.0. The number of rotatable bonds is 9. The van der Waals surface area contributed by atoms with E-state index < -0.39 is 102 Å². The predicted octanol–water partition coefficient (Wildman–Crippen LogP) is 0.577. The van der Waals surface area contributed by atoms with E-state index in [4.69, 9.17) is 28.1 Å². The van der Waals surface area contributed by atoms with Gasteiger partial charge in [-0.2, -0.15) is 0 Å². The standard InChI is InChI=1S/C36H36O17/c1-15-26(42)29(45)31(47)35(49-15)48-14-23-27(43)30(46)34(52-24(41)11-4-16-2-7-18(37)8-3-16)36(51-23)53-33-28(44)25-21(40)12-20(39)13-22(25)50-32(33)17-5-9-19(38)10-6-17/h2-13,15,23,26-27,29-31,34-40,42-43,45-47H,14H2,1H3/b11-4+/t15?,23?,26-,27+,29?,30-,31-,34?,35+,36-/m0/s1. The maximum absolute atomic E-state index is 14.0. The molecule has 2 fully saturated rings. The fourth-order valence-corrected chi connectivity index (χ4v) is 5.82. The van der Waals surface area contributed by atoms with Crippen molar-refractivity contribution in [3.8, 4) is 40.1 Å². The first-order valence-corrected chi connectivity index (χ1v) is 16.2. The van der Waals surface area contributed by atoms with Crippen molar-refractivity contribution in [3.05, 3.63) is 82.5 Å². The lowest BCUT2D eigenvalue weighted by Crippen LogP contribution is -2.62. The van der Waals surface area contributed by atoms with Crippen LogP contribution in [-0.4, -0.2) is 120 Å². The van der Waals surface area contributed by atoms with Crippen LogP contribution in [0.3, 0.4) is 0 Å². The molecule has 2 aliphatic rings. The molecule has 2 aliphatic heterocycles. The summed E-state index contributed by atoms with van der Waals surface area (Å²) in [6.45, 7) is 0.776. The monoisotopic (exact) mass is 740 g/mol. The van der Waals surface area contributed by atoms with Gasteiger partial charge in [-0.25, -0.2) is 4.79 Å². The second kappa shape index (κ2) is 15.4. The Bertz CT molecular complexity index is 2010. The highest BCUT2D eigenvalue weighted by molar-refractivity contribution is 5.88. The molecule has 0 spiro atoms. The Morgan fingerprint density at radius 2 is 1.43 bits per heavy atom. The average Bonchev–Trinajstić information content (AvgIpc) is 3.12. The SMILES string of the molecule is CC1O[C@@H](OCC2O[C@@H](Oc3c(-c4ccc(O)cc4)oc4cc(O)cc(O)c4c3=O)C(OC(=O)/C=C/c3ccc(O)cc3)[C@@H](O)[C@@H]2O)[C@@H](O)C(O)[C@H]1O. The van der Waals surface area contributed by atoms with Crippen molar-refractivity contribution < 1.29 is 78.9 Å². The highest BCUT2D eigenvalue weighted by Crippen LogP contribution is 2.38. The lowest BCUT2D eigenvalue weighted by molar-refractivity contribution is -0.319. The van der Waals surface area contributed by atoms with Gasteiger partial charge in [-0.3, -0.25) is 4.79 Å². The van der Waals surface area contributed by atoms with Gasteiger partial charge in [0, 0.05) is 23.8 Å². The van der Waals surface area contributed by atoms with E-state index in [9.17, 15) is 55.5 Å². The number of carbonyl (C=O) groups is 1. The smallest absolute Gasteiger partial charge is 0.331 e. The third-order valence-electron chi connectivity index (χ3n) is 8.72. The number of phenols is 4. The van der Waals surface area contributed by atoms with Crippen LogP contribution in [0.2, 0.25) is 0 Å². The van der Waals surface area contributed by atoms with Crippen LogP contribution in [0.1, 0.15) is 12.5 Å². The molecule has 0 saturated carbocycles. The summed E-state index contributed by atoms with van der Waals surface area (Å²) in [4.78, 5) is 27.0. The van der Waals surface area contributed by atoms with Gasteiger partial charge in [-0.05, 0) is 55.0 Å². The number of phenolic OH excluding ortho intramolecular Hbond substituents is 4. The minimum absolute atomic E-state index is 0.0116. The fraction of sp³-hybridized carbons (Fsp3) is 0.333. The molecule has 17 nitrogen and oxygen atoms in total. The van der Waals surface area contributed by atoms with Crippen LogP contribution in [0.4, 0.5) is 0 Å². The minimum atomic E-state index is -1.98. The highest BCUT2D eigenvalue weighted by atomic mass is 16.7. The molecule has 0 amide bonds. The number of aromatic hydroxyl groups is 4. The summed E-state index contributed by atoms with van der Waals surface area (Å²) in [5.41, 5.74) is -0.618. The number of esters is 1. The molecule has 0 radical (unpaired) electrons. The minimum Gasteiger partial charge on any atom is -0.508 e. The summed E-state index contributed by atoms with van der Waals surface area (Å²) in [7, 11) is 0. The number of benzene rings is 3. The van der Waals surface area contributed by atoms with E-state index in [1.165, 1.54) is 61.5 Å². The van der Waals surface area contributed by atoms with E-state index >= 15 is 0 Å². The molecule has 17 heteroatoms. The van der Waals surface area contributed by atoms with Crippen molar-refractivity contribution >= 4 is 23.0 Å². The van der Waals surface area contributed by atoms with Gasteiger partial charge in [0.05, 0.1) is 12.7 Å². The first-order chi connectivity index (χ1) is 25.2. The molecule has 282 valence electrons. The van der Waals surface area contributed by atoms with Crippen molar-refractivity contribution in [3.63, 3.8) is 0 Å². The molecule has 10 atom stereocenters. The van der Waals surface area contributed by atoms with Crippen molar-refractivity contribution in [2.45, 2.75) is 68.3 Å². The van der Waals surface area contributed by atoms with Crippen LogP contribution in [0.5, 0.6) is 28.7 Å². The number of ether oxygens (including phenoxy) is 5. The van der Waals surface area contributed by atoms with Crippen molar-refractivity contribution in [2.75, 3.05) is 6.61 Å². The zero-order valence-corrected chi connectivity index (χ0v) is 27.7. The lowest BCUT2D eigenvalue weighted by atomic mass is 9.98. The van der Waals surface area contributed by atoms with Gasteiger partial charge in [0.1, 0.15) is 70.6 Å². The summed E-state index contributed by atoms with van der Waals surface area (Å²) in [5, 5.41) is 92.7. The van der Waals surface area contributed by atoms with Gasteiger partial charge in [-0.15, -0.1) is 0 Å². The van der Waals surface area contributed by atoms with E-state index in [0.29, 0.717) is 5.56 Å². The number of hydrogen-bond acceptors (Lipinski definition) is 17. The number of aliphatic hydroxyl groups is 5. The Balaban J connectivity index is 1.36. The van der Waals surface area contributed by atoms with Crippen LogP contribution >= 0.6 is 0 Å². The Morgan fingerprint density at radius 1 is 0.774 bits per heavy atom. The Morgan fingerprint density at radius 3 is 2.11 bits per heavy atom. The van der Waals surface area contributed by atoms with Gasteiger partial charge in [0.15, 0.2) is 18.2 Å². The summed E-state index contributed by atoms with van der Waals surface area (Å²) in [5.74, 6) is -3.27. The second-order valence-electron chi connectivity index (χ2n) is 12.5. The van der Waals surface area contributed by atoms with E-state index in [0.717, 1.165) is 18.2 Å². The van der Waals surface area contributed by atoms with Crippen molar-refractivity contribution in [1.29, 1.82) is 0 Å². The third-order valence-corrected chi connectivity index (χ3v) is 8.72. The Hall–Kier alpha value is -5.24. The van der Waals surface area contributed by atoms with Crippen LogP contribution in [0, 0.1) is 0 Å². The number of carbonyl (C=O) groups excluding carboxylic acids is 1. The van der Waals surface area contributed by atoms with Crippen LogP contribution in [0.15, 0.2) is 76.0 Å². The van der Waals surface area contributed by atoms with Gasteiger partial charge >= 0.3 is 5.97 Å². The molecule has 3 aromatic carbocycles. The van der Waals surface area contributed by atoms with E-state index in [2.05, 4.69) is 0 Å². The Labute approximate surface area is 299 Å². The largest absolute Gasteiger partial charge is 0.508 e. The van der Waals surface area contributed by atoms with E-state index in [1.807, 2.05) is 0 Å². The molecule has 3 heterocycles. The zero-order valence-electron chi connectivity index (χ0n) is 27.7. The second-order valence-corrected chi connectivity index (χ2v) is 12.5. The lowest BCUT2D eigenvalue weighted by Gasteiger charge is -2.43. The van der Waals surface area contributed by atoms with Gasteiger partial charge in [0.25, 0.3) is 0 Å². The topological polar surface area (TPSA) is 275 Å². The zero-order chi connectivity index (χ0) is 38.1. The molecular weight excluding hydrogens is 704 g/mol. The number of hydrogen-bond donors (Lipinski definition) is 9. The summed E-state index contributed by atoms with van der Waals surface area (Å²) in [6, 6.07) is 13.0. The third kappa shape index (κ3) is 7.92. The molecule has 53 heavy (non-hydrogen) atoms. The van der Waals surface area contributed by atoms with Crippen molar-refractivity contribution in [2.24, 2.45) is 0 Å². The molecule has 1 aromatic heterocycles. The van der Waals surface area contributed by atoms with Gasteiger partial charge in [0.2, 0.25) is 17.5 Å². The first kappa shape index (κ1) is 37.5. The van der Waals surface area contributed by atoms with Crippen LogP contribution < -0.4 is 10.2 Å². The molecule has 0 aliphatic carbocycles. The Kier molecular flexibility index (Phi) is 10.9. The molecule has 4 unspecified atom stereocenters. The van der Waals surface area contributed by atoms with Gasteiger partial charge in [-0.1, -0.05) is 12.1 Å². The summed E-state index contributed by atoms with van der Waals surface area (Å²) < 4.78 is 34.4. The molecule has 6 rings (SSSR count). The average molecular weight is 741 g/mol. The molecule has 0 bridgehead atoms. The summed E-state index contributed by atoms with van der Waals surface area (Å²) >= 11 is 0. The predicted molar refractivity (Wildman–Crippen MR) is 180 cm³/mol. The quantitative estimate of drug-likeness (QED) is 0.0838. The number of aliphatic hydroxyl groups excluding tert-OH is 5. The van der Waals surface area contributed by atoms with E-state index in [1.54, 1.807) is 0 Å².